The Labute approximate surface area is 157 Å². The van der Waals surface area contributed by atoms with Crippen LogP contribution in [0.3, 0.4) is 0 Å². The molecule has 0 aliphatic carbocycles. The summed E-state index contributed by atoms with van der Waals surface area (Å²) in [6, 6.07) is 11.0. The maximum Gasteiger partial charge on any atom is 0.227 e. The molecule has 1 heterocycles. The van der Waals surface area contributed by atoms with E-state index in [1.54, 1.807) is 23.1 Å². The summed E-state index contributed by atoms with van der Waals surface area (Å²) in [7, 11) is 0. The number of hydrogen-bond donors (Lipinski definition) is 0. The Bertz CT molecular complexity index is 759. The zero-order valence-electron chi connectivity index (χ0n) is 13.9. The molecule has 132 valence electrons. The molecule has 1 aliphatic rings. The minimum absolute atomic E-state index is 0.0353. The van der Waals surface area contributed by atoms with Crippen LogP contribution in [0, 0.1) is 0 Å². The molecule has 2 aromatic rings. The molecular formula is C19H19Cl2NO3. The second-order valence-electron chi connectivity index (χ2n) is 5.73. The Balaban J connectivity index is 1.78. The van der Waals surface area contributed by atoms with Crippen molar-refractivity contribution in [2.24, 2.45) is 0 Å². The lowest BCUT2D eigenvalue weighted by Gasteiger charge is -2.25. The summed E-state index contributed by atoms with van der Waals surface area (Å²) >= 11 is 12.4. The van der Waals surface area contributed by atoms with Crippen LogP contribution in [0.1, 0.15) is 18.1 Å². The molecule has 0 spiro atoms. The van der Waals surface area contributed by atoms with Gasteiger partial charge in [-0.05, 0) is 30.7 Å². The molecule has 1 amide bonds. The van der Waals surface area contributed by atoms with E-state index in [9.17, 15) is 4.79 Å². The van der Waals surface area contributed by atoms with E-state index >= 15 is 0 Å². The molecule has 6 heteroatoms. The number of ether oxygens (including phenoxy) is 2. The average Bonchev–Trinajstić information content (AvgIpc) is 2.62. The molecule has 0 N–H and O–H groups in total. The summed E-state index contributed by atoms with van der Waals surface area (Å²) in [5, 5.41) is 1.01. The van der Waals surface area contributed by atoms with Crippen molar-refractivity contribution in [2.75, 3.05) is 19.8 Å². The van der Waals surface area contributed by atoms with Gasteiger partial charge in [0.2, 0.25) is 5.91 Å². The van der Waals surface area contributed by atoms with Crippen molar-refractivity contribution < 1.29 is 14.3 Å². The molecule has 0 bridgehead atoms. The minimum Gasteiger partial charge on any atom is -0.486 e. The number of carbonyl (C=O) groups is 1. The third kappa shape index (κ3) is 4.02. The van der Waals surface area contributed by atoms with Gasteiger partial charge in [0.15, 0.2) is 11.5 Å². The van der Waals surface area contributed by atoms with E-state index in [4.69, 9.17) is 32.7 Å². The second-order valence-corrected chi connectivity index (χ2v) is 6.54. The van der Waals surface area contributed by atoms with Gasteiger partial charge in [0.25, 0.3) is 0 Å². The first-order chi connectivity index (χ1) is 12.1. The van der Waals surface area contributed by atoms with Gasteiger partial charge in [0.1, 0.15) is 13.2 Å². The second kappa shape index (κ2) is 7.98. The lowest BCUT2D eigenvalue weighted by molar-refractivity contribution is -0.130. The van der Waals surface area contributed by atoms with Gasteiger partial charge in [0, 0.05) is 28.7 Å². The molecule has 0 unspecified atom stereocenters. The number of halogens is 2. The SMILES string of the molecule is CCN(Cc1cccc2c1OCCO2)C(=O)Cc1c(Cl)cccc1Cl. The molecule has 0 fully saturated rings. The molecule has 0 atom stereocenters. The predicted octanol–water partition coefficient (Wildman–Crippen LogP) is 4.36. The van der Waals surface area contributed by atoms with Gasteiger partial charge in [0.05, 0.1) is 6.42 Å². The van der Waals surface area contributed by atoms with E-state index in [1.165, 1.54) is 0 Å². The maximum atomic E-state index is 12.8. The van der Waals surface area contributed by atoms with Crippen LogP contribution in [0.4, 0.5) is 0 Å². The lowest BCUT2D eigenvalue weighted by Crippen LogP contribution is -2.32. The quantitative estimate of drug-likeness (QED) is 0.774. The fourth-order valence-electron chi connectivity index (χ4n) is 2.80. The Morgan fingerprint density at radius 3 is 2.48 bits per heavy atom. The maximum absolute atomic E-state index is 12.8. The zero-order chi connectivity index (χ0) is 17.8. The van der Waals surface area contributed by atoms with Crippen LogP contribution in [0.25, 0.3) is 0 Å². The van der Waals surface area contributed by atoms with Gasteiger partial charge in [-0.3, -0.25) is 4.79 Å². The van der Waals surface area contributed by atoms with Crippen LogP contribution in [0.15, 0.2) is 36.4 Å². The Morgan fingerprint density at radius 1 is 1.08 bits per heavy atom. The van der Waals surface area contributed by atoms with E-state index in [1.807, 2.05) is 25.1 Å². The molecule has 3 rings (SSSR count). The third-order valence-corrected chi connectivity index (χ3v) is 4.84. The molecular weight excluding hydrogens is 361 g/mol. The monoisotopic (exact) mass is 379 g/mol. The normalized spacial score (nSPS) is 12.8. The van der Waals surface area contributed by atoms with Crippen LogP contribution in [0.2, 0.25) is 10.0 Å². The van der Waals surface area contributed by atoms with E-state index < -0.39 is 0 Å². The van der Waals surface area contributed by atoms with Crippen molar-refractivity contribution in [3.63, 3.8) is 0 Å². The standard InChI is InChI=1S/C19H19Cl2NO3/c1-2-22(18(23)11-14-15(20)6-4-7-16(14)21)12-13-5-3-8-17-19(13)25-10-9-24-17/h3-8H,2,9-12H2,1H3. The van der Waals surface area contributed by atoms with Crippen molar-refractivity contribution in [3.05, 3.63) is 57.6 Å². The van der Waals surface area contributed by atoms with Crippen molar-refractivity contribution in [1.82, 2.24) is 4.90 Å². The van der Waals surface area contributed by atoms with Crippen molar-refractivity contribution >= 4 is 29.1 Å². The topological polar surface area (TPSA) is 38.8 Å². The molecule has 0 radical (unpaired) electrons. The van der Waals surface area contributed by atoms with Crippen LogP contribution in [0.5, 0.6) is 11.5 Å². The average molecular weight is 380 g/mol. The number of benzene rings is 2. The molecule has 4 nitrogen and oxygen atoms in total. The van der Waals surface area contributed by atoms with Crippen LogP contribution in [-0.4, -0.2) is 30.6 Å². The molecule has 0 saturated heterocycles. The molecule has 1 aliphatic heterocycles. The first-order valence-electron chi connectivity index (χ1n) is 8.18. The fourth-order valence-corrected chi connectivity index (χ4v) is 3.34. The van der Waals surface area contributed by atoms with Crippen LogP contribution in [-0.2, 0) is 17.8 Å². The number of hydrogen-bond acceptors (Lipinski definition) is 3. The molecule has 2 aromatic carbocycles. The summed E-state index contributed by atoms with van der Waals surface area (Å²) < 4.78 is 11.3. The molecule has 0 aromatic heterocycles. The minimum atomic E-state index is -0.0353. The fraction of sp³-hybridized carbons (Fsp3) is 0.316. The number of likely N-dealkylation sites (N-methyl/N-ethyl adjacent to an activating group) is 1. The zero-order valence-corrected chi connectivity index (χ0v) is 15.4. The van der Waals surface area contributed by atoms with Gasteiger partial charge in [-0.1, -0.05) is 41.4 Å². The summed E-state index contributed by atoms with van der Waals surface area (Å²) in [6.45, 7) is 4.02. The van der Waals surface area contributed by atoms with E-state index in [0.29, 0.717) is 41.9 Å². The number of amides is 1. The van der Waals surface area contributed by atoms with E-state index in [-0.39, 0.29) is 12.3 Å². The lowest BCUT2D eigenvalue weighted by atomic mass is 10.1. The first-order valence-corrected chi connectivity index (χ1v) is 8.94. The van der Waals surface area contributed by atoms with Gasteiger partial charge >= 0.3 is 0 Å². The Hall–Kier alpha value is -1.91. The van der Waals surface area contributed by atoms with Gasteiger partial charge in [-0.15, -0.1) is 0 Å². The number of rotatable bonds is 5. The summed E-state index contributed by atoms with van der Waals surface area (Å²) in [5.41, 5.74) is 1.58. The largest absolute Gasteiger partial charge is 0.486 e. The van der Waals surface area contributed by atoms with Crippen molar-refractivity contribution in [2.45, 2.75) is 19.9 Å². The highest BCUT2D eigenvalue weighted by atomic mass is 35.5. The number of para-hydroxylation sites is 1. The summed E-state index contributed by atoms with van der Waals surface area (Å²) in [6.07, 6.45) is 0.165. The Morgan fingerprint density at radius 2 is 1.76 bits per heavy atom. The molecule has 0 saturated carbocycles. The predicted molar refractivity (Wildman–Crippen MR) is 98.7 cm³/mol. The van der Waals surface area contributed by atoms with Crippen LogP contribution < -0.4 is 9.47 Å². The van der Waals surface area contributed by atoms with Crippen molar-refractivity contribution in [3.8, 4) is 11.5 Å². The number of fused-ring (bicyclic) bond motifs is 1. The van der Waals surface area contributed by atoms with Gasteiger partial charge in [-0.2, -0.15) is 0 Å². The highest BCUT2D eigenvalue weighted by Crippen LogP contribution is 2.34. The summed E-state index contributed by atoms with van der Waals surface area (Å²) in [4.78, 5) is 14.5. The third-order valence-electron chi connectivity index (χ3n) is 4.13. The first kappa shape index (κ1) is 17.9. The van der Waals surface area contributed by atoms with Crippen LogP contribution >= 0.6 is 23.2 Å². The highest BCUT2D eigenvalue weighted by molar-refractivity contribution is 6.36. The Kier molecular flexibility index (Phi) is 5.71. The molecule has 25 heavy (non-hydrogen) atoms. The van der Waals surface area contributed by atoms with Gasteiger partial charge in [-0.25, -0.2) is 0 Å². The number of carbonyl (C=O) groups excluding carboxylic acids is 1. The smallest absolute Gasteiger partial charge is 0.227 e. The summed E-state index contributed by atoms with van der Waals surface area (Å²) in [5.74, 6) is 1.41. The van der Waals surface area contributed by atoms with E-state index in [2.05, 4.69) is 0 Å². The number of nitrogens with zero attached hydrogens (tertiary/aromatic N) is 1. The highest BCUT2D eigenvalue weighted by Gasteiger charge is 2.21. The van der Waals surface area contributed by atoms with Gasteiger partial charge < -0.3 is 14.4 Å². The van der Waals surface area contributed by atoms with E-state index in [0.717, 1.165) is 17.1 Å². The van der Waals surface area contributed by atoms with Crippen molar-refractivity contribution in [1.29, 1.82) is 0 Å².